The van der Waals surface area contributed by atoms with Crippen LogP contribution in [0.1, 0.15) is 41.2 Å². The molecule has 0 aliphatic carbocycles. The zero-order valence-electron chi connectivity index (χ0n) is 19.8. The maximum Gasteiger partial charge on any atom is 0.228 e. The highest BCUT2D eigenvalue weighted by molar-refractivity contribution is 5.92. The summed E-state index contributed by atoms with van der Waals surface area (Å²) in [7, 11) is 0. The molecule has 2 aromatic carbocycles. The molecular weight excluding hydrogens is 426 g/mol. The van der Waals surface area contributed by atoms with E-state index in [1.807, 2.05) is 44.2 Å². The van der Waals surface area contributed by atoms with Crippen molar-refractivity contribution in [2.24, 2.45) is 0 Å². The van der Waals surface area contributed by atoms with Gasteiger partial charge in [-0.1, -0.05) is 30.7 Å². The minimum atomic E-state index is -0.271. The van der Waals surface area contributed by atoms with Crippen LogP contribution >= 0.6 is 0 Å². The fourth-order valence-electron chi connectivity index (χ4n) is 3.94. The number of nitriles is 1. The summed E-state index contributed by atoms with van der Waals surface area (Å²) in [6, 6.07) is 16.0. The summed E-state index contributed by atoms with van der Waals surface area (Å²) in [5, 5.41) is 17.8. The molecular formula is C27H27N5O2. The normalized spacial score (nSPS) is 10.8. The van der Waals surface area contributed by atoms with Crippen molar-refractivity contribution in [1.82, 2.24) is 14.8 Å². The van der Waals surface area contributed by atoms with Crippen LogP contribution < -0.4 is 10.1 Å². The third-order valence-corrected chi connectivity index (χ3v) is 5.74. The van der Waals surface area contributed by atoms with Gasteiger partial charge in [0, 0.05) is 5.39 Å². The van der Waals surface area contributed by atoms with E-state index in [0.29, 0.717) is 17.4 Å². The smallest absolute Gasteiger partial charge is 0.228 e. The molecule has 7 nitrogen and oxygen atoms in total. The Morgan fingerprint density at radius 2 is 1.88 bits per heavy atom. The van der Waals surface area contributed by atoms with Crippen molar-refractivity contribution in [3.63, 3.8) is 0 Å². The van der Waals surface area contributed by atoms with Crippen LogP contribution in [0.3, 0.4) is 0 Å². The standard InChI is InChI=1S/C27H27N5O2/c1-5-20-6-8-22(9-7-20)34-11-10-25(33)31-27-21(15-28)16-29-32(27)24-14-18(3)23-13-17(2)12-19(4)26(23)30-24/h6-9,12-14,16H,5,10-11H2,1-4H3,(H,31,33). The van der Waals surface area contributed by atoms with E-state index in [9.17, 15) is 10.1 Å². The fourth-order valence-corrected chi connectivity index (χ4v) is 3.94. The molecule has 2 heterocycles. The number of fused-ring (bicyclic) bond motifs is 1. The minimum Gasteiger partial charge on any atom is -0.493 e. The van der Waals surface area contributed by atoms with Crippen molar-refractivity contribution < 1.29 is 9.53 Å². The summed E-state index contributed by atoms with van der Waals surface area (Å²) in [6.45, 7) is 8.41. The maximum absolute atomic E-state index is 12.7. The van der Waals surface area contributed by atoms with Gasteiger partial charge in [-0.3, -0.25) is 4.79 Å². The lowest BCUT2D eigenvalue weighted by atomic mass is 10.0. The van der Waals surface area contributed by atoms with Crippen LogP contribution in [0.2, 0.25) is 0 Å². The van der Waals surface area contributed by atoms with Crippen LogP contribution in [0.4, 0.5) is 5.82 Å². The number of hydrogen-bond acceptors (Lipinski definition) is 5. The summed E-state index contributed by atoms with van der Waals surface area (Å²) in [6.07, 6.45) is 2.53. The first-order valence-corrected chi connectivity index (χ1v) is 11.3. The minimum absolute atomic E-state index is 0.133. The Morgan fingerprint density at radius 3 is 2.59 bits per heavy atom. The Bertz CT molecular complexity index is 1400. The van der Waals surface area contributed by atoms with Gasteiger partial charge in [0.25, 0.3) is 0 Å². The van der Waals surface area contributed by atoms with Crippen LogP contribution in [0.25, 0.3) is 16.7 Å². The zero-order chi connectivity index (χ0) is 24.2. The van der Waals surface area contributed by atoms with Gasteiger partial charge in [-0.2, -0.15) is 15.0 Å². The van der Waals surface area contributed by atoms with E-state index >= 15 is 0 Å². The zero-order valence-corrected chi connectivity index (χ0v) is 19.8. The number of anilines is 1. The molecule has 0 aliphatic heterocycles. The van der Waals surface area contributed by atoms with Gasteiger partial charge in [-0.15, -0.1) is 0 Å². The summed E-state index contributed by atoms with van der Waals surface area (Å²) < 4.78 is 7.20. The molecule has 0 spiro atoms. The van der Waals surface area contributed by atoms with Gasteiger partial charge in [0.15, 0.2) is 11.6 Å². The van der Waals surface area contributed by atoms with Gasteiger partial charge in [0.05, 0.1) is 24.7 Å². The number of nitrogens with one attached hydrogen (secondary N) is 1. The average Bonchev–Trinajstić information content (AvgIpc) is 3.22. The number of amides is 1. The first-order chi connectivity index (χ1) is 16.4. The van der Waals surface area contributed by atoms with Crippen molar-refractivity contribution in [3.05, 3.63) is 76.5 Å². The molecule has 4 rings (SSSR count). The number of aromatic nitrogens is 3. The van der Waals surface area contributed by atoms with Crippen molar-refractivity contribution >= 4 is 22.6 Å². The molecule has 0 atom stereocenters. The van der Waals surface area contributed by atoms with Crippen molar-refractivity contribution in [1.29, 1.82) is 5.26 Å². The third-order valence-electron chi connectivity index (χ3n) is 5.74. The average molecular weight is 454 g/mol. The lowest BCUT2D eigenvalue weighted by molar-refractivity contribution is -0.116. The first kappa shape index (κ1) is 23.0. The van der Waals surface area contributed by atoms with E-state index in [2.05, 4.69) is 42.5 Å². The first-order valence-electron chi connectivity index (χ1n) is 11.3. The van der Waals surface area contributed by atoms with Crippen LogP contribution in [0.5, 0.6) is 5.75 Å². The molecule has 0 unspecified atom stereocenters. The number of ether oxygens (including phenoxy) is 1. The second-order valence-electron chi connectivity index (χ2n) is 8.35. The van der Waals surface area contributed by atoms with E-state index in [0.717, 1.165) is 28.5 Å². The highest BCUT2D eigenvalue weighted by Crippen LogP contribution is 2.26. The lowest BCUT2D eigenvalue weighted by Gasteiger charge is -2.13. The molecule has 0 fully saturated rings. The molecule has 172 valence electrons. The Morgan fingerprint density at radius 1 is 1.12 bits per heavy atom. The monoisotopic (exact) mass is 453 g/mol. The number of nitrogens with zero attached hydrogens (tertiary/aromatic N) is 4. The highest BCUT2D eigenvalue weighted by atomic mass is 16.5. The maximum atomic E-state index is 12.7. The fraction of sp³-hybridized carbons (Fsp3) is 0.259. The SMILES string of the molecule is CCc1ccc(OCCC(=O)Nc2c(C#N)cnn2-c2cc(C)c3cc(C)cc(C)c3n2)cc1. The van der Waals surface area contributed by atoms with E-state index in [-0.39, 0.29) is 24.5 Å². The molecule has 0 saturated carbocycles. The van der Waals surface area contributed by atoms with E-state index in [1.165, 1.54) is 22.0 Å². The molecule has 0 radical (unpaired) electrons. The van der Waals surface area contributed by atoms with Crippen LogP contribution in [0, 0.1) is 32.1 Å². The lowest BCUT2D eigenvalue weighted by Crippen LogP contribution is -2.18. The van der Waals surface area contributed by atoms with Gasteiger partial charge >= 0.3 is 0 Å². The summed E-state index contributed by atoms with van der Waals surface area (Å²) >= 11 is 0. The Hall–Kier alpha value is -4.18. The number of aryl methyl sites for hydroxylation is 4. The molecule has 1 N–H and O–H groups in total. The van der Waals surface area contributed by atoms with Gasteiger partial charge < -0.3 is 10.1 Å². The quantitative estimate of drug-likeness (QED) is 0.416. The molecule has 1 amide bonds. The molecule has 0 aliphatic rings. The number of carbonyl (C=O) groups excluding carboxylic acids is 1. The topological polar surface area (TPSA) is 92.8 Å². The number of carbonyl (C=O) groups is 1. The molecule has 0 saturated heterocycles. The molecule has 7 heteroatoms. The Labute approximate surface area is 199 Å². The Kier molecular flexibility index (Phi) is 6.60. The van der Waals surface area contributed by atoms with Gasteiger partial charge in [0.1, 0.15) is 17.4 Å². The van der Waals surface area contributed by atoms with Crippen molar-refractivity contribution in [2.45, 2.75) is 40.5 Å². The van der Waals surface area contributed by atoms with E-state index in [1.54, 1.807) is 0 Å². The van der Waals surface area contributed by atoms with Gasteiger partial charge in [-0.05, 0) is 68.1 Å². The van der Waals surface area contributed by atoms with Gasteiger partial charge in [0.2, 0.25) is 5.91 Å². The molecule has 2 aromatic heterocycles. The Balaban J connectivity index is 1.54. The van der Waals surface area contributed by atoms with Crippen LogP contribution in [-0.4, -0.2) is 27.3 Å². The number of rotatable bonds is 7. The number of pyridine rings is 1. The molecule has 34 heavy (non-hydrogen) atoms. The second kappa shape index (κ2) is 9.75. The van der Waals surface area contributed by atoms with Crippen LogP contribution in [-0.2, 0) is 11.2 Å². The van der Waals surface area contributed by atoms with E-state index < -0.39 is 0 Å². The third kappa shape index (κ3) is 4.76. The summed E-state index contributed by atoms with van der Waals surface area (Å²) in [4.78, 5) is 17.5. The summed E-state index contributed by atoms with van der Waals surface area (Å²) in [5.41, 5.74) is 5.64. The van der Waals surface area contributed by atoms with Crippen molar-refractivity contribution in [3.8, 4) is 17.6 Å². The van der Waals surface area contributed by atoms with Crippen molar-refractivity contribution in [2.75, 3.05) is 11.9 Å². The predicted octanol–water partition coefficient (Wildman–Crippen LogP) is 5.19. The van der Waals surface area contributed by atoms with Gasteiger partial charge in [-0.25, -0.2) is 4.98 Å². The largest absolute Gasteiger partial charge is 0.493 e. The molecule has 4 aromatic rings. The number of hydrogen-bond donors (Lipinski definition) is 1. The highest BCUT2D eigenvalue weighted by Gasteiger charge is 2.17. The van der Waals surface area contributed by atoms with Crippen LogP contribution in [0.15, 0.2) is 48.7 Å². The predicted molar refractivity (Wildman–Crippen MR) is 132 cm³/mol. The second-order valence-corrected chi connectivity index (χ2v) is 8.35. The van der Waals surface area contributed by atoms with E-state index in [4.69, 9.17) is 9.72 Å². The summed E-state index contributed by atoms with van der Waals surface area (Å²) in [5.74, 6) is 1.29. The molecule has 0 bridgehead atoms. The number of benzene rings is 2.